The average Bonchev–Trinajstić information content (AvgIpc) is 3.19. The van der Waals surface area contributed by atoms with Gasteiger partial charge in [0.1, 0.15) is 5.58 Å². The number of hydrogen-bond acceptors (Lipinski definition) is 6. The summed E-state index contributed by atoms with van der Waals surface area (Å²) in [6, 6.07) is 16.3. The second-order valence-corrected chi connectivity index (χ2v) is 10.5. The summed E-state index contributed by atoms with van der Waals surface area (Å²) in [7, 11) is 4.15. The topological polar surface area (TPSA) is 64.2 Å². The predicted molar refractivity (Wildman–Crippen MR) is 143 cm³/mol. The van der Waals surface area contributed by atoms with E-state index in [1.54, 1.807) is 17.8 Å². The van der Waals surface area contributed by atoms with Gasteiger partial charge < -0.3 is 8.98 Å². The maximum atomic E-state index is 12.3. The quantitative estimate of drug-likeness (QED) is 0.206. The van der Waals surface area contributed by atoms with Gasteiger partial charge in [-0.2, -0.15) is 0 Å². The van der Waals surface area contributed by atoms with Crippen LogP contribution in [0.2, 0.25) is 0 Å². The van der Waals surface area contributed by atoms with E-state index in [0.717, 1.165) is 33.9 Å². The number of aromatic nitrogens is 3. The minimum atomic E-state index is -0.324. The lowest BCUT2D eigenvalue weighted by molar-refractivity contribution is 0.272. The molecule has 0 bridgehead atoms. The summed E-state index contributed by atoms with van der Waals surface area (Å²) in [5.74, 6) is 1.95. The van der Waals surface area contributed by atoms with E-state index in [1.807, 2.05) is 12.1 Å². The molecule has 2 heterocycles. The molecule has 6 nitrogen and oxygen atoms in total. The number of aryl methyl sites for hydroxylation is 1. The Bertz CT molecular complexity index is 1360. The lowest BCUT2D eigenvalue weighted by atomic mass is 9.95. The molecule has 4 aromatic rings. The predicted octanol–water partition coefficient (Wildman–Crippen LogP) is 6.17. The van der Waals surface area contributed by atoms with Crippen molar-refractivity contribution >= 4 is 22.7 Å². The molecular weight excluding hydrogens is 456 g/mol. The third-order valence-corrected chi connectivity index (χ3v) is 7.45. The molecule has 0 radical (unpaired) electrons. The van der Waals surface area contributed by atoms with Crippen molar-refractivity contribution in [3.05, 3.63) is 87.0 Å². The molecule has 7 heteroatoms. The van der Waals surface area contributed by atoms with E-state index < -0.39 is 0 Å². The Balaban J connectivity index is 1.72. The first-order valence-electron chi connectivity index (χ1n) is 12.1. The lowest BCUT2D eigenvalue weighted by Gasteiger charge is -2.23. The summed E-state index contributed by atoms with van der Waals surface area (Å²) in [6.07, 6.45) is 0.937. The van der Waals surface area contributed by atoms with Crippen LogP contribution >= 0.6 is 11.8 Å². The van der Waals surface area contributed by atoms with Crippen LogP contribution in [-0.4, -0.2) is 33.8 Å². The SMILES string of the molecule is CC[C@@H](c1nnc(SCc2cc(=O)oc3cc(C)c(C(C)C)cc23)n1Cc1ccccc1)N(C)C. The van der Waals surface area contributed by atoms with Crippen molar-refractivity contribution in [1.29, 1.82) is 0 Å². The van der Waals surface area contributed by atoms with Gasteiger partial charge in [0.2, 0.25) is 0 Å². The van der Waals surface area contributed by atoms with Crippen LogP contribution in [-0.2, 0) is 12.3 Å². The van der Waals surface area contributed by atoms with E-state index in [1.165, 1.54) is 11.1 Å². The normalized spacial score (nSPS) is 12.7. The molecule has 2 aromatic carbocycles. The van der Waals surface area contributed by atoms with Crippen LogP contribution in [0.15, 0.2) is 62.9 Å². The molecule has 0 amide bonds. The fraction of sp³-hybridized carbons (Fsp3) is 0.393. The van der Waals surface area contributed by atoms with E-state index in [2.05, 4.69) is 91.8 Å². The van der Waals surface area contributed by atoms with Crippen LogP contribution in [0.3, 0.4) is 0 Å². The molecule has 0 aliphatic heterocycles. The Kier molecular flexibility index (Phi) is 7.77. The first kappa shape index (κ1) is 25.2. The first-order chi connectivity index (χ1) is 16.8. The van der Waals surface area contributed by atoms with Gasteiger partial charge >= 0.3 is 5.63 Å². The van der Waals surface area contributed by atoms with E-state index in [0.29, 0.717) is 23.8 Å². The van der Waals surface area contributed by atoms with Gasteiger partial charge in [-0.15, -0.1) is 10.2 Å². The maximum Gasteiger partial charge on any atom is 0.336 e. The largest absolute Gasteiger partial charge is 0.423 e. The van der Waals surface area contributed by atoms with Crippen LogP contribution < -0.4 is 5.63 Å². The summed E-state index contributed by atoms with van der Waals surface area (Å²) < 4.78 is 7.76. The van der Waals surface area contributed by atoms with Gasteiger partial charge in [0, 0.05) is 17.2 Å². The highest BCUT2D eigenvalue weighted by Crippen LogP contribution is 2.32. The summed E-state index contributed by atoms with van der Waals surface area (Å²) in [5.41, 5.74) is 4.88. The first-order valence-corrected chi connectivity index (χ1v) is 13.1. The molecule has 0 saturated heterocycles. The van der Waals surface area contributed by atoms with Gasteiger partial charge in [0.15, 0.2) is 11.0 Å². The molecule has 0 aliphatic carbocycles. The molecule has 0 aliphatic rings. The van der Waals surface area contributed by atoms with Gasteiger partial charge in [-0.3, -0.25) is 4.90 Å². The zero-order chi connectivity index (χ0) is 25.1. The lowest BCUT2D eigenvalue weighted by Crippen LogP contribution is -2.23. The number of nitrogens with zero attached hydrogens (tertiary/aromatic N) is 4. The van der Waals surface area contributed by atoms with Gasteiger partial charge in [0.05, 0.1) is 12.6 Å². The molecule has 2 aromatic heterocycles. The summed E-state index contributed by atoms with van der Waals surface area (Å²) in [5, 5.41) is 11.0. The molecule has 4 rings (SSSR count). The zero-order valence-electron chi connectivity index (χ0n) is 21.4. The summed E-state index contributed by atoms with van der Waals surface area (Å²) in [6.45, 7) is 9.31. The highest BCUT2D eigenvalue weighted by Gasteiger charge is 2.22. The summed E-state index contributed by atoms with van der Waals surface area (Å²) >= 11 is 1.61. The summed E-state index contributed by atoms with van der Waals surface area (Å²) in [4.78, 5) is 14.5. The van der Waals surface area contributed by atoms with Crippen molar-refractivity contribution in [2.45, 2.75) is 63.5 Å². The third-order valence-electron chi connectivity index (χ3n) is 6.43. The van der Waals surface area contributed by atoms with Crippen molar-refractivity contribution in [2.75, 3.05) is 14.1 Å². The zero-order valence-corrected chi connectivity index (χ0v) is 22.2. The fourth-order valence-corrected chi connectivity index (χ4v) is 5.56. The maximum absolute atomic E-state index is 12.3. The Hall–Kier alpha value is -2.90. The number of benzene rings is 2. The molecule has 0 spiro atoms. The number of thioether (sulfide) groups is 1. The molecular formula is C28H34N4O2S. The van der Waals surface area contributed by atoms with Crippen LogP contribution in [0, 0.1) is 6.92 Å². The van der Waals surface area contributed by atoms with Gasteiger partial charge in [-0.05, 0) is 67.7 Å². The number of hydrogen-bond donors (Lipinski definition) is 0. The van der Waals surface area contributed by atoms with Crippen molar-refractivity contribution < 1.29 is 4.42 Å². The smallest absolute Gasteiger partial charge is 0.336 e. The monoisotopic (exact) mass is 490 g/mol. The average molecular weight is 491 g/mol. The molecule has 35 heavy (non-hydrogen) atoms. The highest BCUT2D eigenvalue weighted by atomic mass is 32.2. The van der Waals surface area contributed by atoms with E-state index in [9.17, 15) is 4.79 Å². The van der Waals surface area contributed by atoms with Gasteiger partial charge in [0.25, 0.3) is 0 Å². The molecule has 0 unspecified atom stereocenters. The Labute approximate surface area is 211 Å². The molecule has 0 saturated carbocycles. The number of rotatable bonds is 9. The van der Waals surface area contributed by atoms with E-state index >= 15 is 0 Å². The van der Waals surface area contributed by atoms with Crippen LogP contribution in [0.25, 0.3) is 11.0 Å². The van der Waals surface area contributed by atoms with Gasteiger partial charge in [-0.1, -0.05) is 62.9 Å². The Morgan fingerprint density at radius 3 is 2.49 bits per heavy atom. The number of fused-ring (bicyclic) bond motifs is 1. The van der Waals surface area contributed by atoms with Crippen LogP contribution in [0.4, 0.5) is 0 Å². The van der Waals surface area contributed by atoms with Crippen LogP contribution in [0.5, 0.6) is 0 Å². The Morgan fingerprint density at radius 2 is 1.83 bits per heavy atom. The van der Waals surface area contributed by atoms with Crippen molar-refractivity contribution in [1.82, 2.24) is 19.7 Å². The Morgan fingerprint density at radius 1 is 1.09 bits per heavy atom. The third kappa shape index (κ3) is 5.52. The van der Waals surface area contributed by atoms with E-state index in [4.69, 9.17) is 4.42 Å². The standard InChI is InChI=1S/C28H34N4O2S/c1-7-24(31(5)6)27-29-30-28(32(27)16-20-11-9-8-10-12-20)35-17-21-14-26(33)34-25-13-19(4)22(18(2)3)15-23(21)25/h8-15,18,24H,7,16-17H2,1-6H3/t24-/m0/s1. The molecule has 1 atom stereocenters. The van der Waals surface area contributed by atoms with Crippen molar-refractivity contribution in [3.63, 3.8) is 0 Å². The molecule has 184 valence electrons. The molecule has 0 N–H and O–H groups in total. The second kappa shape index (κ2) is 10.8. The minimum Gasteiger partial charge on any atom is -0.423 e. The van der Waals surface area contributed by atoms with Crippen LogP contribution in [0.1, 0.15) is 67.2 Å². The van der Waals surface area contributed by atoms with Crippen molar-refractivity contribution in [2.24, 2.45) is 0 Å². The van der Waals surface area contributed by atoms with Crippen molar-refractivity contribution in [3.8, 4) is 0 Å². The minimum absolute atomic E-state index is 0.168. The van der Waals surface area contributed by atoms with Gasteiger partial charge in [-0.25, -0.2) is 4.79 Å². The van der Waals surface area contributed by atoms with E-state index in [-0.39, 0.29) is 11.7 Å². The second-order valence-electron chi connectivity index (χ2n) is 9.54. The fourth-order valence-electron chi connectivity index (χ4n) is 4.62. The highest BCUT2D eigenvalue weighted by molar-refractivity contribution is 7.98. The molecule has 0 fully saturated rings.